The van der Waals surface area contributed by atoms with Crippen molar-refractivity contribution in [3.63, 3.8) is 0 Å². The van der Waals surface area contributed by atoms with Crippen molar-refractivity contribution in [3.8, 4) is 5.75 Å². The SMILES string of the molecule is CC(C)C(NC(=O)c1c(O)cccc1F)C(=O)O. The number of hydrogen-bond donors (Lipinski definition) is 3. The quantitative estimate of drug-likeness (QED) is 0.758. The highest BCUT2D eigenvalue weighted by Gasteiger charge is 2.26. The molecule has 0 aliphatic heterocycles. The van der Waals surface area contributed by atoms with Crippen molar-refractivity contribution in [2.75, 3.05) is 0 Å². The summed E-state index contributed by atoms with van der Waals surface area (Å²) in [5.41, 5.74) is -0.551. The Morgan fingerprint density at radius 3 is 2.39 bits per heavy atom. The Bertz CT molecular complexity index is 453. The number of aromatic hydroxyl groups is 1. The summed E-state index contributed by atoms with van der Waals surface area (Å²) in [6, 6.07) is 2.28. The first-order valence-corrected chi connectivity index (χ1v) is 5.35. The van der Waals surface area contributed by atoms with Crippen LogP contribution in [0.4, 0.5) is 4.39 Å². The number of phenols is 1. The van der Waals surface area contributed by atoms with Crippen molar-refractivity contribution in [3.05, 3.63) is 29.6 Å². The summed E-state index contributed by atoms with van der Waals surface area (Å²) in [5, 5.41) is 20.5. The van der Waals surface area contributed by atoms with Gasteiger partial charge in [-0.25, -0.2) is 9.18 Å². The summed E-state index contributed by atoms with van der Waals surface area (Å²) in [4.78, 5) is 22.6. The molecule has 0 saturated carbocycles. The molecule has 6 heteroatoms. The van der Waals surface area contributed by atoms with E-state index in [9.17, 15) is 19.1 Å². The molecule has 98 valence electrons. The Balaban J connectivity index is 2.98. The molecule has 0 aliphatic carbocycles. The first-order chi connectivity index (χ1) is 8.34. The van der Waals surface area contributed by atoms with E-state index in [2.05, 4.69) is 5.32 Å². The summed E-state index contributed by atoms with van der Waals surface area (Å²) in [5.74, 6) is -3.96. The zero-order valence-electron chi connectivity index (χ0n) is 9.98. The number of carboxylic acid groups (broad SMARTS) is 1. The van der Waals surface area contributed by atoms with Crippen LogP contribution < -0.4 is 5.32 Å². The van der Waals surface area contributed by atoms with E-state index >= 15 is 0 Å². The first kappa shape index (κ1) is 14.0. The molecule has 1 aromatic carbocycles. The third-order valence-corrected chi connectivity index (χ3v) is 2.44. The fourth-order valence-electron chi connectivity index (χ4n) is 1.46. The van der Waals surface area contributed by atoms with E-state index in [1.165, 1.54) is 6.07 Å². The molecular formula is C12H14FNO4. The maximum atomic E-state index is 13.4. The van der Waals surface area contributed by atoms with E-state index < -0.39 is 35.0 Å². The summed E-state index contributed by atoms with van der Waals surface area (Å²) in [6.07, 6.45) is 0. The molecule has 0 radical (unpaired) electrons. The predicted molar refractivity (Wildman–Crippen MR) is 61.8 cm³/mol. The average Bonchev–Trinajstić information content (AvgIpc) is 2.24. The van der Waals surface area contributed by atoms with Gasteiger partial charge in [-0.05, 0) is 18.1 Å². The summed E-state index contributed by atoms with van der Waals surface area (Å²) >= 11 is 0. The minimum Gasteiger partial charge on any atom is -0.507 e. The molecule has 0 bridgehead atoms. The highest BCUT2D eigenvalue weighted by Crippen LogP contribution is 2.20. The topological polar surface area (TPSA) is 86.6 Å². The first-order valence-electron chi connectivity index (χ1n) is 5.35. The number of carbonyl (C=O) groups is 2. The predicted octanol–water partition coefficient (Wildman–Crippen LogP) is 1.37. The van der Waals surface area contributed by atoms with Crippen LogP contribution in [0.15, 0.2) is 18.2 Å². The number of aliphatic carboxylic acids is 1. The molecule has 1 unspecified atom stereocenters. The molecule has 18 heavy (non-hydrogen) atoms. The van der Waals surface area contributed by atoms with Crippen molar-refractivity contribution in [1.29, 1.82) is 0 Å². The highest BCUT2D eigenvalue weighted by molar-refractivity contribution is 5.99. The molecule has 5 nitrogen and oxygen atoms in total. The van der Waals surface area contributed by atoms with Gasteiger partial charge in [0.15, 0.2) is 0 Å². The molecule has 0 fully saturated rings. The molecule has 1 atom stereocenters. The monoisotopic (exact) mass is 255 g/mol. The Kier molecular flexibility index (Phi) is 4.25. The van der Waals surface area contributed by atoms with Crippen LogP contribution in [0.1, 0.15) is 24.2 Å². The van der Waals surface area contributed by atoms with Gasteiger partial charge in [-0.1, -0.05) is 19.9 Å². The molecule has 0 aliphatic rings. The van der Waals surface area contributed by atoms with Crippen LogP contribution >= 0.6 is 0 Å². The molecule has 1 rings (SSSR count). The summed E-state index contributed by atoms with van der Waals surface area (Å²) in [6.45, 7) is 3.22. The number of nitrogens with one attached hydrogen (secondary N) is 1. The lowest BCUT2D eigenvalue weighted by Gasteiger charge is -2.18. The Hall–Kier alpha value is -2.11. The van der Waals surface area contributed by atoms with Crippen LogP contribution in [0, 0.1) is 11.7 Å². The minimum atomic E-state index is -1.21. The van der Waals surface area contributed by atoms with E-state index in [-0.39, 0.29) is 5.92 Å². The van der Waals surface area contributed by atoms with Gasteiger partial charge < -0.3 is 15.5 Å². The van der Waals surface area contributed by atoms with E-state index in [4.69, 9.17) is 5.11 Å². The van der Waals surface area contributed by atoms with Gasteiger partial charge in [-0.15, -0.1) is 0 Å². The third kappa shape index (κ3) is 2.97. The normalized spacial score (nSPS) is 12.2. The van der Waals surface area contributed by atoms with Crippen molar-refractivity contribution >= 4 is 11.9 Å². The number of hydrogen-bond acceptors (Lipinski definition) is 3. The van der Waals surface area contributed by atoms with Crippen LogP contribution in [0.3, 0.4) is 0 Å². The number of amides is 1. The summed E-state index contributed by atoms with van der Waals surface area (Å²) < 4.78 is 13.4. The van der Waals surface area contributed by atoms with E-state index in [1.807, 2.05) is 0 Å². The lowest BCUT2D eigenvalue weighted by molar-refractivity contribution is -0.140. The molecule has 3 N–H and O–H groups in total. The summed E-state index contributed by atoms with van der Waals surface area (Å²) in [7, 11) is 0. The number of benzene rings is 1. The van der Waals surface area contributed by atoms with Gasteiger partial charge in [0.1, 0.15) is 23.2 Å². The molecule has 0 spiro atoms. The molecule has 0 aromatic heterocycles. The lowest BCUT2D eigenvalue weighted by atomic mass is 10.0. The van der Waals surface area contributed by atoms with Crippen molar-refractivity contribution in [2.45, 2.75) is 19.9 Å². The minimum absolute atomic E-state index is 0.361. The number of carbonyl (C=O) groups excluding carboxylic acids is 1. The van der Waals surface area contributed by atoms with Gasteiger partial charge in [-0.2, -0.15) is 0 Å². The largest absolute Gasteiger partial charge is 0.507 e. The number of halogens is 1. The maximum Gasteiger partial charge on any atom is 0.326 e. The molecule has 1 amide bonds. The fraction of sp³-hybridized carbons (Fsp3) is 0.333. The lowest BCUT2D eigenvalue weighted by Crippen LogP contribution is -2.44. The Morgan fingerprint density at radius 1 is 1.33 bits per heavy atom. The Morgan fingerprint density at radius 2 is 1.94 bits per heavy atom. The van der Waals surface area contributed by atoms with Gasteiger partial charge in [0, 0.05) is 0 Å². The standard InChI is InChI=1S/C12H14FNO4/c1-6(2)10(12(17)18)14-11(16)9-7(13)4-3-5-8(9)15/h3-6,10,15H,1-2H3,(H,14,16)(H,17,18). The zero-order chi connectivity index (χ0) is 13.9. The maximum absolute atomic E-state index is 13.4. The number of carboxylic acids is 1. The fourth-order valence-corrected chi connectivity index (χ4v) is 1.46. The van der Waals surface area contributed by atoms with Crippen LogP contribution in [0.5, 0.6) is 5.75 Å². The molecule has 1 aromatic rings. The van der Waals surface area contributed by atoms with Crippen molar-refractivity contribution in [2.24, 2.45) is 5.92 Å². The second-order valence-electron chi connectivity index (χ2n) is 4.17. The molecule has 0 saturated heterocycles. The van der Waals surface area contributed by atoms with E-state index in [0.29, 0.717) is 0 Å². The van der Waals surface area contributed by atoms with Crippen LogP contribution in [0.25, 0.3) is 0 Å². The highest BCUT2D eigenvalue weighted by atomic mass is 19.1. The van der Waals surface area contributed by atoms with Gasteiger partial charge in [0.05, 0.1) is 0 Å². The number of rotatable bonds is 4. The van der Waals surface area contributed by atoms with Gasteiger partial charge in [0.25, 0.3) is 5.91 Å². The van der Waals surface area contributed by atoms with Crippen LogP contribution in [0.2, 0.25) is 0 Å². The van der Waals surface area contributed by atoms with Gasteiger partial charge in [-0.3, -0.25) is 4.79 Å². The molecule has 0 heterocycles. The van der Waals surface area contributed by atoms with Gasteiger partial charge in [0.2, 0.25) is 0 Å². The van der Waals surface area contributed by atoms with E-state index in [0.717, 1.165) is 12.1 Å². The molecular weight excluding hydrogens is 241 g/mol. The van der Waals surface area contributed by atoms with Crippen LogP contribution in [-0.2, 0) is 4.79 Å². The number of phenolic OH excluding ortho intramolecular Hbond substituents is 1. The third-order valence-electron chi connectivity index (χ3n) is 2.44. The zero-order valence-corrected chi connectivity index (χ0v) is 9.98. The average molecular weight is 255 g/mol. The smallest absolute Gasteiger partial charge is 0.326 e. The van der Waals surface area contributed by atoms with Crippen molar-refractivity contribution in [1.82, 2.24) is 5.32 Å². The van der Waals surface area contributed by atoms with Gasteiger partial charge >= 0.3 is 5.97 Å². The van der Waals surface area contributed by atoms with Crippen LogP contribution in [-0.4, -0.2) is 28.1 Å². The Labute approximate surface area is 103 Å². The van der Waals surface area contributed by atoms with E-state index in [1.54, 1.807) is 13.8 Å². The van der Waals surface area contributed by atoms with Crippen molar-refractivity contribution < 1.29 is 24.2 Å². The second kappa shape index (κ2) is 5.48. The second-order valence-corrected chi connectivity index (χ2v) is 4.17.